The van der Waals surface area contributed by atoms with Crippen molar-refractivity contribution in [2.24, 2.45) is 0 Å². The smallest absolute Gasteiger partial charge is 0.229 e. The molecule has 3 aromatic heterocycles. The zero-order chi connectivity index (χ0) is 24.1. The van der Waals surface area contributed by atoms with Gasteiger partial charge in [-0.15, -0.1) is 0 Å². The highest BCUT2D eigenvalue weighted by Crippen LogP contribution is 2.43. The molecule has 180 valence electrons. The van der Waals surface area contributed by atoms with E-state index in [0.717, 1.165) is 67.3 Å². The highest BCUT2D eigenvalue weighted by Gasteiger charge is 2.29. The molecule has 1 aliphatic carbocycles. The molecule has 0 unspecified atom stereocenters. The number of nitrogens with zero attached hydrogens (tertiary/aromatic N) is 6. The number of nitrogen functional groups attached to an aromatic ring is 1. The summed E-state index contributed by atoms with van der Waals surface area (Å²) in [5.41, 5.74) is 9.79. The van der Waals surface area contributed by atoms with Crippen molar-refractivity contribution in [1.29, 1.82) is 0 Å². The van der Waals surface area contributed by atoms with Gasteiger partial charge in [0, 0.05) is 54.7 Å². The molecular formula is C26H29FN8. The summed E-state index contributed by atoms with van der Waals surface area (Å²) in [5.74, 6) is 1.72. The van der Waals surface area contributed by atoms with Gasteiger partial charge < -0.3 is 20.9 Å². The quantitative estimate of drug-likeness (QED) is 0.450. The summed E-state index contributed by atoms with van der Waals surface area (Å²) >= 11 is 0. The average molecular weight is 473 g/mol. The number of piperazine rings is 1. The van der Waals surface area contributed by atoms with E-state index in [0.29, 0.717) is 28.9 Å². The number of nitrogens with two attached hydrogens (primary N) is 1. The average Bonchev–Trinajstić information content (AvgIpc) is 3.63. The lowest BCUT2D eigenvalue weighted by molar-refractivity contribution is 0.312. The third-order valence-electron chi connectivity index (χ3n) is 7.00. The zero-order valence-corrected chi connectivity index (χ0v) is 20.0. The van der Waals surface area contributed by atoms with E-state index in [2.05, 4.69) is 38.2 Å². The number of fused-ring (bicyclic) bond motifs is 1. The molecule has 3 N–H and O–H groups in total. The minimum Gasteiger partial charge on any atom is -0.384 e. The maximum absolute atomic E-state index is 15.4. The van der Waals surface area contributed by atoms with Crippen molar-refractivity contribution in [2.45, 2.75) is 25.7 Å². The van der Waals surface area contributed by atoms with Crippen molar-refractivity contribution in [2.75, 3.05) is 49.2 Å². The summed E-state index contributed by atoms with van der Waals surface area (Å²) < 4.78 is 17.5. The minimum atomic E-state index is -0.281. The Balaban J connectivity index is 1.35. The largest absolute Gasteiger partial charge is 0.384 e. The molecule has 9 heteroatoms. The van der Waals surface area contributed by atoms with Crippen LogP contribution in [0.2, 0.25) is 0 Å². The number of nitrogens with one attached hydrogen (secondary N) is 1. The van der Waals surface area contributed by atoms with Crippen LogP contribution in [0.3, 0.4) is 0 Å². The molecule has 2 fully saturated rings. The highest BCUT2D eigenvalue weighted by atomic mass is 19.1. The molecule has 1 saturated heterocycles. The molecule has 4 aromatic rings. The minimum absolute atomic E-state index is 0.281. The van der Waals surface area contributed by atoms with Crippen molar-refractivity contribution in [3.05, 3.63) is 59.7 Å². The van der Waals surface area contributed by atoms with Gasteiger partial charge in [0.2, 0.25) is 5.95 Å². The number of rotatable bonds is 5. The Kier molecular flexibility index (Phi) is 5.29. The van der Waals surface area contributed by atoms with Gasteiger partial charge in [-0.25, -0.2) is 14.4 Å². The third kappa shape index (κ3) is 4.05. The van der Waals surface area contributed by atoms with Gasteiger partial charge in [-0.1, -0.05) is 6.07 Å². The van der Waals surface area contributed by atoms with Gasteiger partial charge in [0.15, 0.2) is 11.5 Å². The lowest BCUT2D eigenvalue weighted by atomic mass is 10.1. The predicted molar refractivity (Wildman–Crippen MR) is 137 cm³/mol. The van der Waals surface area contributed by atoms with Crippen molar-refractivity contribution < 1.29 is 4.39 Å². The Morgan fingerprint density at radius 1 is 1.06 bits per heavy atom. The Bertz CT molecular complexity index is 1400. The first-order valence-corrected chi connectivity index (χ1v) is 12.1. The second-order valence-corrected chi connectivity index (χ2v) is 9.56. The molecule has 0 amide bonds. The number of aromatic nitrogens is 4. The number of pyridine rings is 1. The van der Waals surface area contributed by atoms with Crippen molar-refractivity contribution in [3.63, 3.8) is 0 Å². The van der Waals surface area contributed by atoms with Gasteiger partial charge in [0.05, 0.1) is 5.69 Å². The number of anilines is 4. The maximum atomic E-state index is 15.4. The van der Waals surface area contributed by atoms with Crippen LogP contribution in [0.15, 0.2) is 42.6 Å². The molecule has 6 rings (SSSR count). The molecule has 0 radical (unpaired) electrons. The molecule has 1 aliphatic heterocycles. The summed E-state index contributed by atoms with van der Waals surface area (Å²) in [5, 5.41) is 4.02. The van der Waals surface area contributed by atoms with Crippen molar-refractivity contribution >= 4 is 34.2 Å². The van der Waals surface area contributed by atoms with E-state index in [1.807, 2.05) is 29.7 Å². The Hall–Kier alpha value is -3.72. The van der Waals surface area contributed by atoms with Crippen LogP contribution in [0.4, 0.5) is 27.5 Å². The predicted octanol–water partition coefficient (Wildman–Crippen LogP) is 4.22. The SMILES string of the molecule is Cc1c(N2CCN(C)CC2)ccc(Nc2ncc3cc(C4CC4)n(-c4cccc(N)n4)c3n2)c1F. The summed E-state index contributed by atoms with van der Waals surface area (Å²) in [4.78, 5) is 18.3. The summed E-state index contributed by atoms with van der Waals surface area (Å²) in [7, 11) is 2.11. The Labute approximate surface area is 203 Å². The first-order chi connectivity index (χ1) is 17.0. The molecular weight excluding hydrogens is 443 g/mol. The number of halogens is 1. The van der Waals surface area contributed by atoms with E-state index in [-0.39, 0.29) is 5.82 Å². The third-order valence-corrected chi connectivity index (χ3v) is 7.00. The highest BCUT2D eigenvalue weighted by molar-refractivity contribution is 5.80. The van der Waals surface area contributed by atoms with Gasteiger partial charge in [0.1, 0.15) is 11.6 Å². The molecule has 0 spiro atoms. The normalized spacial score (nSPS) is 16.7. The Morgan fingerprint density at radius 2 is 1.86 bits per heavy atom. The summed E-state index contributed by atoms with van der Waals surface area (Å²) in [6.45, 7) is 5.55. The van der Waals surface area contributed by atoms with Crippen LogP contribution in [-0.4, -0.2) is 57.6 Å². The van der Waals surface area contributed by atoms with Crippen LogP contribution >= 0.6 is 0 Å². The lowest BCUT2D eigenvalue weighted by Crippen LogP contribution is -2.44. The molecule has 0 atom stereocenters. The van der Waals surface area contributed by atoms with E-state index < -0.39 is 0 Å². The fourth-order valence-corrected chi connectivity index (χ4v) is 4.84. The summed E-state index contributed by atoms with van der Waals surface area (Å²) in [6, 6.07) is 11.5. The Morgan fingerprint density at radius 3 is 2.60 bits per heavy atom. The van der Waals surface area contributed by atoms with Crippen molar-refractivity contribution in [3.8, 4) is 5.82 Å². The fourth-order valence-electron chi connectivity index (χ4n) is 4.84. The van der Waals surface area contributed by atoms with E-state index >= 15 is 4.39 Å². The first-order valence-electron chi connectivity index (χ1n) is 12.1. The second-order valence-electron chi connectivity index (χ2n) is 9.56. The second kappa shape index (κ2) is 8.49. The van der Waals surface area contributed by atoms with E-state index in [1.54, 1.807) is 18.3 Å². The van der Waals surface area contributed by atoms with E-state index in [4.69, 9.17) is 10.7 Å². The monoisotopic (exact) mass is 472 g/mol. The van der Waals surface area contributed by atoms with Crippen molar-refractivity contribution in [1.82, 2.24) is 24.4 Å². The fraction of sp³-hybridized carbons (Fsp3) is 0.346. The lowest BCUT2D eigenvalue weighted by Gasteiger charge is -2.35. The number of hydrogen-bond acceptors (Lipinski definition) is 7. The molecule has 2 aliphatic rings. The molecule has 8 nitrogen and oxygen atoms in total. The van der Waals surface area contributed by atoms with Crippen LogP contribution < -0.4 is 16.0 Å². The maximum Gasteiger partial charge on any atom is 0.229 e. The standard InChI is InChI=1S/C26H29FN8/c1-16-20(34-12-10-33(2)11-13-34)9-8-19(24(16)27)30-26-29-15-18-14-21(17-6-7-17)35(25(18)32-26)23-5-3-4-22(28)31-23/h3-5,8-9,14-15,17H,6-7,10-13H2,1-2H3,(H2,28,31)(H,29,30,32). The zero-order valence-electron chi connectivity index (χ0n) is 20.0. The van der Waals surface area contributed by atoms with Gasteiger partial charge in [-0.05, 0) is 63.1 Å². The molecule has 0 bridgehead atoms. The van der Waals surface area contributed by atoms with Crippen LogP contribution in [0, 0.1) is 12.7 Å². The molecule has 1 aromatic carbocycles. The van der Waals surface area contributed by atoms with Gasteiger partial charge in [-0.2, -0.15) is 4.98 Å². The molecule has 35 heavy (non-hydrogen) atoms. The first kappa shape index (κ1) is 21.8. The number of benzene rings is 1. The van der Waals surface area contributed by atoms with Crippen LogP contribution in [-0.2, 0) is 0 Å². The molecule has 1 saturated carbocycles. The molecule has 4 heterocycles. The summed E-state index contributed by atoms with van der Waals surface area (Å²) in [6.07, 6.45) is 4.06. The van der Waals surface area contributed by atoms with Crippen LogP contribution in [0.1, 0.15) is 30.0 Å². The van der Waals surface area contributed by atoms with E-state index in [1.165, 1.54) is 0 Å². The topological polar surface area (TPSA) is 88.1 Å². The van der Waals surface area contributed by atoms with Crippen LogP contribution in [0.5, 0.6) is 0 Å². The van der Waals surface area contributed by atoms with E-state index in [9.17, 15) is 0 Å². The van der Waals surface area contributed by atoms with Gasteiger partial charge >= 0.3 is 0 Å². The number of likely N-dealkylation sites (N-methyl/N-ethyl adjacent to an activating group) is 1. The number of hydrogen-bond donors (Lipinski definition) is 2. The van der Waals surface area contributed by atoms with Crippen LogP contribution in [0.25, 0.3) is 16.9 Å². The van der Waals surface area contributed by atoms with Gasteiger partial charge in [0.25, 0.3) is 0 Å². The van der Waals surface area contributed by atoms with Gasteiger partial charge in [-0.3, -0.25) is 4.57 Å².